The fourth-order valence-electron chi connectivity index (χ4n) is 1.44. The highest BCUT2D eigenvalue weighted by Gasteiger charge is 2.33. The summed E-state index contributed by atoms with van der Waals surface area (Å²) in [4.78, 5) is 11.5. The van der Waals surface area contributed by atoms with Crippen molar-refractivity contribution in [1.82, 2.24) is 0 Å². The summed E-state index contributed by atoms with van der Waals surface area (Å²) in [6.45, 7) is 6.22. The Kier molecular flexibility index (Phi) is 4.70. The summed E-state index contributed by atoms with van der Waals surface area (Å²) in [6, 6.07) is 2.05. The van der Waals surface area contributed by atoms with Crippen LogP contribution in [0.2, 0.25) is 0 Å². The third-order valence-electron chi connectivity index (χ3n) is 2.04. The van der Waals surface area contributed by atoms with E-state index in [1.165, 1.54) is 13.0 Å². The van der Waals surface area contributed by atoms with Crippen molar-refractivity contribution in [2.75, 3.05) is 5.32 Å². The van der Waals surface area contributed by atoms with Gasteiger partial charge in [-0.15, -0.1) is 13.2 Å². The van der Waals surface area contributed by atoms with Crippen molar-refractivity contribution in [2.24, 2.45) is 0 Å². The van der Waals surface area contributed by atoms with Crippen LogP contribution in [0.3, 0.4) is 0 Å². The van der Waals surface area contributed by atoms with E-state index >= 15 is 0 Å². The molecule has 0 aliphatic rings. The second-order valence-corrected chi connectivity index (χ2v) is 5.30. The van der Waals surface area contributed by atoms with Gasteiger partial charge in [-0.3, -0.25) is 5.32 Å². The third kappa shape index (κ3) is 5.88. The SMILES string of the molecule is Cc1cc(NC(=O)OC(C)(C)C)c(F)c(OC(F)(F)F)c1. The summed E-state index contributed by atoms with van der Waals surface area (Å²) in [5, 5.41) is 2.05. The quantitative estimate of drug-likeness (QED) is 0.825. The van der Waals surface area contributed by atoms with Gasteiger partial charge in [0.1, 0.15) is 5.60 Å². The number of hydrogen-bond acceptors (Lipinski definition) is 3. The molecule has 0 atom stereocenters. The van der Waals surface area contributed by atoms with Crippen LogP contribution in [0, 0.1) is 12.7 Å². The van der Waals surface area contributed by atoms with Gasteiger partial charge in [-0.25, -0.2) is 9.18 Å². The second kappa shape index (κ2) is 5.79. The number of alkyl halides is 3. The molecule has 0 aliphatic carbocycles. The highest BCUT2D eigenvalue weighted by atomic mass is 19.4. The van der Waals surface area contributed by atoms with E-state index in [0.717, 1.165) is 6.07 Å². The maximum absolute atomic E-state index is 13.9. The molecule has 118 valence electrons. The van der Waals surface area contributed by atoms with Crippen LogP contribution in [0.4, 0.5) is 28.0 Å². The zero-order chi connectivity index (χ0) is 16.4. The Labute approximate surface area is 119 Å². The largest absolute Gasteiger partial charge is 0.573 e. The van der Waals surface area contributed by atoms with E-state index < -0.39 is 35.3 Å². The number of benzene rings is 1. The molecule has 0 aliphatic heterocycles. The van der Waals surface area contributed by atoms with Gasteiger partial charge in [0, 0.05) is 0 Å². The molecule has 1 amide bonds. The lowest BCUT2D eigenvalue weighted by Gasteiger charge is -2.20. The lowest BCUT2D eigenvalue weighted by molar-refractivity contribution is -0.275. The molecule has 1 aromatic rings. The van der Waals surface area contributed by atoms with Crippen LogP contribution in [0.15, 0.2) is 12.1 Å². The van der Waals surface area contributed by atoms with Gasteiger partial charge in [0.05, 0.1) is 5.69 Å². The molecule has 4 nitrogen and oxygen atoms in total. The van der Waals surface area contributed by atoms with E-state index in [1.807, 2.05) is 0 Å². The maximum atomic E-state index is 13.9. The van der Waals surface area contributed by atoms with Crippen molar-refractivity contribution in [3.8, 4) is 5.75 Å². The average Bonchev–Trinajstić information content (AvgIpc) is 2.19. The van der Waals surface area contributed by atoms with Crippen LogP contribution in [-0.2, 0) is 4.74 Å². The molecular formula is C13H15F4NO3. The molecule has 0 spiro atoms. The number of rotatable bonds is 2. The maximum Gasteiger partial charge on any atom is 0.573 e. The zero-order valence-electron chi connectivity index (χ0n) is 11.9. The van der Waals surface area contributed by atoms with Crippen molar-refractivity contribution < 1.29 is 31.8 Å². The fraction of sp³-hybridized carbons (Fsp3) is 0.462. The Bertz CT molecular complexity index is 535. The Morgan fingerprint density at radius 3 is 2.24 bits per heavy atom. The Morgan fingerprint density at radius 2 is 1.76 bits per heavy atom. The van der Waals surface area contributed by atoms with Gasteiger partial charge >= 0.3 is 12.5 Å². The zero-order valence-corrected chi connectivity index (χ0v) is 11.9. The molecule has 21 heavy (non-hydrogen) atoms. The minimum atomic E-state index is -5.03. The molecule has 1 rings (SSSR count). The first kappa shape index (κ1) is 17.1. The predicted octanol–water partition coefficient (Wildman–Crippen LogP) is 4.38. The Hall–Kier alpha value is -1.99. The van der Waals surface area contributed by atoms with Gasteiger partial charge in [0.25, 0.3) is 0 Å². The van der Waals surface area contributed by atoms with Crippen LogP contribution >= 0.6 is 0 Å². The summed E-state index contributed by atoms with van der Waals surface area (Å²) < 4.78 is 58.9. The van der Waals surface area contributed by atoms with Crippen LogP contribution in [-0.4, -0.2) is 18.1 Å². The molecular weight excluding hydrogens is 294 g/mol. The van der Waals surface area contributed by atoms with E-state index in [1.54, 1.807) is 20.8 Å². The van der Waals surface area contributed by atoms with Crippen LogP contribution in [0.25, 0.3) is 0 Å². The summed E-state index contributed by atoms with van der Waals surface area (Å²) in [5.74, 6) is -2.35. The number of carbonyl (C=O) groups excluding carboxylic acids is 1. The lowest BCUT2D eigenvalue weighted by Crippen LogP contribution is -2.27. The minimum Gasteiger partial charge on any atom is -0.444 e. The van der Waals surface area contributed by atoms with Gasteiger partial charge < -0.3 is 9.47 Å². The minimum absolute atomic E-state index is 0.279. The van der Waals surface area contributed by atoms with Gasteiger partial charge in [0.2, 0.25) is 0 Å². The van der Waals surface area contributed by atoms with E-state index in [0.29, 0.717) is 0 Å². The van der Waals surface area contributed by atoms with Crippen molar-refractivity contribution in [3.63, 3.8) is 0 Å². The molecule has 0 heterocycles. The molecule has 0 radical (unpaired) electrons. The second-order valence-electron chi connectivity index (χ2n) is 5.30. The van der Waals surface area contributed by atoms with Gasteiger partial charge in [-0.2, -0.15) is 0 Å². The number of nitrogens with one attached hydrogen (secondary N) is 1. The highest BCUT2D eigenvalue weighted by Crippen LogP contribution is 2.31. The summed E-state index contributed by atoms with van der Waals surface area (Å²) in [5.41, 5.74) is -0.999. The van der Waals surface area contributed by atoms with Crippen molar-refractivity contribution in [1.29, 1.82) is 0 Å². The van der Waals surface area contributed by atoms with Crippen LogP contribution in [0.5, 0.6) is 5.75 Å². The monoisotopic (exact) mass is 309 g/mol. The molecule has 0 saturated carbocycles. The fourth-order valence-corrected chi connectivity index (χ4v) is 1.44. The van der Waals surface area contributed by atoms with Crippen molar-refractivity contribution >= 4 is 11.8 Å². The molecule has 0 aromatic heterocycles. The van der Waals surface area contributed by atoms with E-state index in [4.69, 9.17) is 4.74 Å². The number of hydrogen-bond donors (Lipinski definition) is 1. The lowest BCUT2D eigenvalue weighted by atomic mass is 10.2. The normalized spacial score (nSPS) is 12.0. The molecule has 0 fully saturated rings. The molecule has 0 saturated heterocycles. The first-order valence-corrected chi connectivity index (χ1v) is 5.93. The topological polar surface area (TPSA) is 47.6 Å². The van der Waals surface area contributed by atoms with Crippen LogP contribution in [0.1, 0.15) is 26.3 Å². The highest BCUT2D eigenvalue weighted by molar-refractivity contribution is 5.85. The molecule has 0 bridgehead atoms. The predicted molar refractivity (Wildman–Crippen MR) is 67.7 cm³/mol. The first-order chi connectivity index (χ1) is 9.37. The molecule has 0 unspecified atom stereocenters. The Balaban J connectivity index is 3.01. The number of anilines is 1. The first-order valence-electron chi connectivity index (χ1n) is 5.93. The standard InChI is InChI=1S/C13H15F4NO3/c1-7-5-8(18-11(19)21-12(2,3)4)10(14)9(6-7)20-13(15,16)17/h5-6H,1-4H3,(H,18,19). The molecule has 1 N–H and O–H groups in total. The smallest absolute Gasteiger partial charge is 0.444 e. The summed E-state index contributed by atoms with van der Waals surface area (Å²) >= 11 is 0. The average molecular weight is 309 g/mol. The number of amides is 1. The van der Waals surface area contributed by atoms with E-state index in [9.17, 15) is 22.4 Å². The summed E-state index contributed by atoms with van der Waals surface area (Å²) in [6.07, 6.45) is -6.01. The number of halogens is 4. The van der Waals surface area contributed by atoms with Crippen LogP contribution < -0.4 is 10.1 Å². The van der Waals surface area contributed by atoms with E-state index in [2.05, 4.69) is 10.1 Å². The van der Waals surface area contributed by atoms with Crippen molar-refractivity contribution in [2.45, 2.75) is 39.7 Å². The summed E-state index contributed by atoms with van der Waals surface area (Å²) in [7, 11) is 0. The molecule has 8 heteroatoms. The third-order valence-corrected chi connectivity index (χ3v) is 2.04. The molecule has 1 aromatic carbocycles. The number of carbonyl (C=O) groups is 1. The number of aryl methyl sites for hydroxylation is 1. The van der Waals surface area contributed by atoms with Gasteiger partial charge in [-0.05, 0) is 45.4 Å². The van der Waals surface area contributed by atoms with Gasteiger partial charge in [0.15, 0.2) is 11.6 Å². The Morgan fingerprint density at radius 1 is 1.19 bits per heavy atom. The van der Waals surface area contributed by atoms with E-state index in [-0.39, 0.29) is 5.56 Å². The number of ether oxygens (including phenoxy) is 2. The van der Waals surface area contributed by atoms with Gasteiger partial charge in [-0.1, -0.05) is 0 Å². The van der Waals surface area contributed by atoms with Crippen molar-refractivity contribution in [3.05, 3.63) is 23.5 Å².